The number of ether oxygens (including phenoxy) is 1. The van der Waals surface area contributed by atoms with Crippen LogP contribution < -0.4 is 5.32 Å². The van der Waals surface area contributed by atoms with Crippen LogP contribution in [0.25, 0.3) is 16.6 Å². The van der Waals surface area contributed by atoms with E-state index in [9.17, 15) is 14.0 Å². The van der Waals surface area contributed by atoms with Crippen molar-refractivity contribution in [2.45, 2.75) is 13.0 Å². The normalized spacial score (nSPS) is 12.1. The lowest BCUT2D eigenvalue weighted by molar-refractivity contribution is -0.117. The highest BCUT2D eigenvalue weighted by molar-refractivity contribution is 6.43. The van der Waals surface area contributed by atoms with Crippen molar-refractivity contribution in [1.82, 2.24) is 9.72 Å². The number of halogens is 1. The molecule has 5 nitrogen and oxygen atoms in total. The van der Waals surface area contributed by atoms with Gasteiger partial charge in [-0.2, -0.15) is 0 Å². The first-order valence-electron chi connectivity index (χ1n) is 8.21. The summed E-state index contributed by atoms with van der Waals surface area (Å²) in [5, 5.41) is 2.63. The minimum absolute atomic E-state index is 0.245. The molecule has 0 saturated carbocycles. The van der Waals surface area contributed by atoms with Gasteiger partial charge in [-0.15, -0.1) is 0 Å². The number of benzene rings is 1. The second-order valence-corrected chi connectivity index (χ2v) is 6.07. The van der Waals surface area contributed by atoms with Gasteiger partial charge in [0.25, 0.3) is 11.7 Å². The number of hydrogen-bond acceptors (Lipinski definition) is 3. The number of carbonyl (C=O) groups excluding carboxylic acids is 2. The second kappa shape index (κ2) is 7.49. The molecule has 1 amide bonds. The summed E-state index contributed by atoms with van der Waals surface area (Å²) >= 11 is 0. The van der Waals surface area contributed by atoms with Crippen molar-refractivity contribution in [2.24, 2.45) is 0 Å². The predicted molar refractivity (Wildman–Crippen MR) is 96.6 cm³/mol. The molecule has 3 rings (SSSR count). The quantitative estimate of drug-likeness (QED) is 0.547. The van der Waals surface area contributed by atoms with Crippen LogP contribution in [0.5, 0.6) is 0 Å². The molecule has 0 aliphatic heterocycles. The van der Waals surface area contributed by atoms with Crippen molar-refractivity contribution in [3.63, 3.8) is 0 Å². The first kappa shape index (κ1) is 17.8. The number of hydrogen-bond donors (Lipinski definition) is 1. The Bertz CT molecular complexity index is 947. The average molecular weight is 354 g/mol. The number of carbonyl (C=O) groups is 2. The molecule has 0 aliphatic rings. The van der Waals surface area contributed by atoms with Gasteiger partial charge in [0.15, 0.2) is 0 Å². The van der Waals surface area contributed by atoms with Gasteiger partial charge in [-0.3, -0.25) is 9.59 Å². The molecule has 0 radical (unpaired) electrons. The van der Waals surface area contributed by atoms with Gasteiger partial charge < -0.3 is 14.5 Å². The molecule has 26 heavy (non-hydrogen) atoms. The summed E-state index contributed by atoms with van der Waals surface area (Å²) in [5.41, 5.74) is 2.26. The van der Waals surface area contributed by atoms with Crippen molar-refractivity contribution in [3.8, 4) is 11.1 Å². The molecule has 2 aromatic heterocycles. The lowest BCUT2D eigenvalue weighted by Gasteiger charge is -2.12. The molecule has 3 aromatic rings. The van der Waals surface area contributed by atoms with E-state index in [0.29, 0.717) is 17.7 Å². The number of pyridine rings is 1. The summed E-state index contributed by atoms with van der Waals surface area (Å²) in [6.45, 7) is 2.06. The van der Waals surface area contributed by atoms with Gasteiger partial charge in [0.1, 0.15) is 11.5 Å². The number of rotatable bonds is 6. The predicted octanol–water partition coefficient (Wildman–Crippen LogP) is 3.08. The summed E-state index contributed by atoms with van der Waals surface area (Å²) in [5.74, 6) is -1.73. The fraction of sp³-hybridized carbons (Fsp3) is 0.200. The third-order valence-electron chi connectivity index (χ3n) is 4.05. The average Bonchev–Trinajstić information content (AvgIpc) is 3.01. The number of nitrogens with one attached hydrogen (secondary N) is 1. The third kappa shape index (κ3) is 3.50. The molecule has 0 saturated heterocycles. The van der Waals surface area contributed by atoms with Crippen LogP contribution in [0.1, 0.15) is 17.4 Å². The monoisotopic (exact) mass is 354 g/mol. The zero-order chi connectivity index (χ0) is 18.7. The van der Waals surface area contributed by atoms with Crippen molar-refractivity contribution < 1.29 is 18.7 Å². The fourth-order valence-corrected chi connectivity index (χ4v) is 2.89. The van der Waals surface area contributed by atoms with E-state index in [1.807, 2.05) is 18.2 Å². The first-order valence-corrected chi connectivity index (χ1v) is 8.21. The number of ketones is 1. The van der Waals surface area contributed by atoms with Crippen LogP contribution in [0.4, 0.5) is 4.39 Å². The van der Waals surface area contributed by atoms with Gasteiger partial charge in [-0.1, -0.05) is 18.2 Å². The highest BCUT2D eigenvalue weighted by Gasteiger charge is 2.25. The summed E-state index contributed by atoms with van der Waals surface area (Å²) in [6.07, 6.45) is 1.72. The van der Waals surface area contributed by atoms with Crippen LogP contribution in [0.3, 0.4) is 0 Å². The highest BCUT2D eigenvalue weighted by atomic mass is 19.1. The standard InChI is InChI=1S/C20H19FN2O3/c1-13(12-26-2)22-20(25)19(24)18-17(14-6-8-15(21)9-7-14)11-16-5-3-4-10-23(16)18/h3-11,13H,12H2,1-2H3,(H,22,25)/t13-/m1/s1. The smallest absolute Gasteiger partial charge is 0.294 e. The molecule has 1 aromatic carbocycles. The zero-order valence-electron chi connectivity index (χ0n) is 14.5. The Kier molecular flexibility index (Phi) is 5.14. The van der Waals surface area contributed by atoms with Crippen molar-refractivity contribution in [3.05, 3.63) is 66.2 Å². The Morgan fingerprint density at radius 3 is 2.62 bits per heavy atom. The number of nitrogens with zero attached hydrogens (tertiary/aromatic N) is 1. The number of aromatic nitrogens is 1. The molecular weight excluding hydrogens is 335 g/mol. The number of Topliss-reactive ketones (excluding diaryl/α,β-unsaturated/α-hetero) is 1. The molecule has 0 fully saturated rings. The van der Waals surface area contributed by atoms with Crippen molar-refractivity contribution in [1.29, 1.82) is 0 Å². The van der Waals surface area contributed by atoms with Crippen LogP contribution in [-0.4, -0.2) is 35.8 Å². The molecule has 0 aliphatic carbocycles. The molecule has 6 heteroatoms. The van der Waals surface area contributed by atoms with E-state index in [-0.39, 0.29) is 17.6 Å². The Balaban J connectivity index is 2.05. The largest absolute Gasteiger partial charge is 0.383 e. The van der Waals surface area contributed by atoms with E-state index in [4.69, 9.17) is 4.74 Å². The molecule has 0 unspecified atom stereocenters. The van der Waals surface area contributed by atoms with Gasteiger partial charge in [-0.25, -0.2) is 4.39 Å². The van der Waals surface area contributed by atoms with E-state index >= 15 is 0 Å². The Hall–Kier alpha value is -2.99. The highest BCUT2D eigenvalue weighted by Crippen LogP contribution is 2.28. The second-order valence-electron chi connectivity index (χ2n) is 6.07. The Morgan fingerprint density at radius 1 is 1.19 bits per heavy atom. The molecule has 0 spiro atoms. The first-order chi connectivity index (χ1) is 12.5. The maximum atomic E-state index is 13.3. The van der Waals surface area contributed by atoms with Gasteiger partial charge in [0, 0.05) is 30.4 Å². The molecule has 134 valence electrons. The van der Waals surface area contributed by atoms with Crippen molar-refractivity contribution in [2.75, 3.05) is 13.7 Å². The molecule has 1 N–H and O–H groups in total. The van der Waals surface area contributed by atoms with Gasteiger partial charge in [0.2, 0.25) is 0 Å². The molecule has 1 atom stereocenters. The lowest BCUT2D eigenvalue weighted by atomic mass is 10.0. The summed E-state index contributed by atoms with van der Waals surface area (Å²) in [6, 6.07) is 12.8. The molecular formula is C20H19FN2O3. The van der Waals surface area contributed by atoms with E-state index in [0.717, 1.165) is 5.52 Å². The van der Waals surface area contributed by atoms with Crippen molar-refractivity contribution >= 4 is 17.2 Å². The molecule has 2 heterocycles. The van der Waals surface area contributed by atoms with E-state index in [1.165, 1.54) is 19.2 Å². The third-order valence-corrected chi connectivity index (χ3v) is 4.05. The van der Waals surface area contributed by atoms with Crippen LogP contribution in [0.15, 0.2) is 54.7 Å². The summed E-state index contributed by atoms with van der Waals surface area (Å²) < 4.78 is 19.9. The lowest BCUT2D eigenvalue weighted by Crippen LogP contribution is -2.40. The maximum absolute atomic E-state index is 13.3. The van der Waals surface area contributed by atoms with Gasteiger partial charge in [0.05, 0.1) is 6.61 Å². The summed E-state index contributed by atoms with van der Waals surface area (Å²) in [7, 11) is 1.53. The number of fused-ring (bicyclic) bond motifs is 1. The van der Waals surface area contributed by atoms with Gasteiger partial charge in [-0.05, 0) is 42.8 Å². The Morgan fingerprint density at radius 2 is 1.92 bits per heavy atom. The van der Waals surface area contributed by atoms with Crippen LogP contribution >= 0.6 is 0 Å². The minimum Gasteiger partial charge on any atom is -0.383 e. The minimum atomic E-state index is -0.707. The van der Waals surface area contributed by atoms with Crippen LogP contribution in [0.2, 0.25) is 0 Å². The SMILES string of the molecule is COC[C@@H](C)NC(=O)C(=O)c1c(-c2ccc(F)cc2)cc2ccccn12. The Labute approximate surface area is 150 Å². The van der Waals surface area contributed by atoms with E-state index < -0.39 is 11.7 Å². The number of methoxy groups -OCH3 is 1. The summed E-state index contributed by atoms with van der Waals surface area (Å²) in [4.78, 5) is 25.3. The van der Waals surface area contributed by atoms with E-state index in [2.05, 4.69) is 5.32 Å². The fourth-order valence-electron chi connectivity index (χ4n) is 2.89. The zero-order valence-corrected chi connectivity index (χ0v) is 14.5. The topological polar surface area (TPSA) is 59.8 Å². The molecule has 0 bridgehead atoms. The van der Waals surface area contributed by atoms with E-state index in [1.54, 1.807) is 35.7 Å². The number of amides is 1. The van der Waals surface area contributed by atoms with Gasteiger partial charge >= 0.3 is 0 Å². The maximum Gasteiger partial charge on any atom is 0.294 e. The van der Waals surface area contributed by atoms with Crippen LogP contribution in [-0.2, 0) is 9.53 Å². The van der Waals surface area contributed by atoms with Crippen LogP contribution in [0, 0.1) is 5.82 Å².